The van der Waals surface area contributed by atoms with Crippen molar-refractivity contribution in [2.75, 3.05) is 6.61 Å². The van der Waals surface area contributed by atoms with Crippen LogP contribution < -0.4 is 10.3 Å². The molecule has 9 heteroatoms. The molecule has 26 heavy (non-hydrogen) atoms. The van der Waals surface area contributed by atoms with Crippen molar-refractivity contribution in [2.45, 2.75) is 25.8 Å². The number of hydrogen-bond acceptors (Lipinski definition) is 6. The van der Waals surface area contributed by atoms with E-state index in [0.29, 0.717) is 19.6 Å². The SMILES string of the molecule is O=c1[nH]c(CCn2ccnn2)c2c3c(c(-c4cn[nH]c4)sc13)OCCC2. The lowest BCUT2D eigenvalue weighted by Crippen LogP contribution is -2.14. The second-order valence-electron chi connectivity index (χ2n) is 6.23. The zero-order chi connectivity index (χ0) is 17.5. The molecule has 4 aromatic rings. The van der Waals surface area contributed by atoms with Crippen LogP contribution in [0.1, 0.15) is 17.7 Å². The second-order valence-corrected chi connectivity index (χ2v) is 7.25. The van der Waals surface area contributed by atoms with Gasteiger partial charge in [0.2, 0.25) is 0 Å². The van der Waals surface area contributed by atoms with Crippen LogP contribution in [0, 0.1) is 0 Å². The van der Waals surface area contributed by atoms with Crippen molar-refractivity contribution in [1.29, 1.82) is 0 Å². The molecule has 5 rings (SSSR count). The molecule has 0 saturated heterocycles. The van der Waals surface area contributed by atoms with Crippen LogP contribution in [0.3, 0.4) is 0 Å². The van der Waals surface area contributed by atoms with Gasteiger partial charge in [-0.2, -0.15) is 5.10 Å². The molecule has 0 saturated carbocycles. The summed E-state index contributed by atoms with van der Waals surface area (Å²) >= 11 is 1.46. The van der Waals surface area contributed by atoms with Gasteiger partial charge >= 0.3 is 0 Å². The number of hydrogen-bond donors (Lipinski definition) is 2. The number of ether oxygens (including phenoxy) is 1. The first kappa shape index (κ1) is 15.3. The number of nitrogens with zero attached hydrogens (tertiary/aromatic N) is 4. The highest BCUT2D eigenvalue weighted by Crippen LogP contribution is 2.46. The Labute approximate surface area is 151 Å². The molecule has 132 valence electrons. The third kappa shape index (κ3) is 2.43. The lowest BCUT2D eigenvalue weighted by Gasteiger charge is -2.09. The molecule has 0 aliphatic carbocycles. The third-order valence-electron chi connectivity index (χ3n) is 4.64. The fourth-order valence-corrected chi connectivity index (χ4v) is 4.61. The maximum atomic E-state index is 12.7. The smallest absolute Gasteiger partial charge is 0.266 e. The summed E-state index contributed by atoms with van der Waals surface area (Å²) < 4.78 is 8.56. The van der Waals surface area contributed by atoms with E-state index < -0.39 is 0 Å². The number of pyridine rings is 1. The Kier molecular flexibility index (Phi) is 3.59. The molecule has 0 aromatic carbocycles. The highest BCUT2D eigenvalue weighted by molar-refractivity contribution is 7.22. The van der Waals surface area contributed by atoms with Gasteiger partial charge in [0.1, 0.15) is 10.4 Å². The number of thiophene rings is 1. The minimum absolute atomic E-state index is 0.0659. The van der Waals surface area contributed by atoms with Crippen molar-refractivity contribution in [3.63, 3.8) is 0 Å². The van der Waals surface area contributed by atoms with Crippen LogP contribution >= 0.6 is 11.3 Å². The molecule has 1 aliphatic rings. The van der Waals surface area contributed by atoms with Gasteiger partial charge < -0.3 is 9.72 Å². The van der Waals surface area contributed by atoms with Crippen LogP contribution in [0.2, 0.25) is 0 Å². The lowest BCUT2D eigenvalue weighted by atomic mass is 10.0. The first-order chi connectivity index (χ1) is 12.8. The van der Waals surface area contributed by atoms with E-state index in [9.17, 15) is 4.79 Å². The molecule has 0 amide bonds. The Bertz CT molecular complexity index is 1110. The van der Waals surface area contributed by atoms with E-state index in [1.807, 2.05) is 12.4 Å². The van der Waals surface area contributed by atoms with Crippen molar-refractivity contribution >= 4 is 21.4 Å². The Morgan fingerprint density at radius 2 is 2.35 bits per heavy atom. The van der Waals surface area contributed by atoms with Crippen molar-refractivity contribution in [3.05, 3.63) is 46.4 Å². The molecule has 0 atom stereocenters. The molecular weight excluding hydrogens is 352 g/mol. The molecule has 0 bridgehead atoms. The summed E-state index contributed by atoms with van der Waals surface area (Å²) in [6.07, 6.45) is 9.56. The van der Waals surface area contributed by atoms with Gasteiger partial charge in [0.05, 0.1) is 23.9 Å². The quantitative estimate of drug-likeness (QED) is 0.575. The fourth-order valence-electron chi connectivity index (χ4n) is 3.46. The topological polar surface area (TPSA) is 101 Å². The summed E-state index contributed by atoms with van der Waals surface area (Å²) in [5, 5.41) is 15.7. The lowest BCUT2D eigenvalue weighted by molar-refractivity contribution is 0.321. The molecule has 0 spiro atoms. The third-order valence-corrected chi connectivity index (χ3v) is 5.86. The van der Waals surface area contributed by atoms with Crippen molar-refractivity contribution in [1.82, 2.24) is 30.2 Å². The molecule has 0 fully saturated rings. The van der Waals surface area contributed by atoms with Gasteiger partial charge in [-0.05, 0) is 18.4 Å². The first-order valence-corrected chi connectivity index (χ1v) is 9.29. The van der Waals surface area contributed by atoms with Gasteiger partial charge in [0, 0.05) is 42.0 Å². The normalized spacial score (nSPS) is 13.7. The van der Waals surface area contributed by atoms with E-state index in [1.54, 1.807) is 17.1 Å². The van der Waals surface area contributed by atoms with Crippen LogP contribution in [0.25, 0.3) is 20.5 Å². The number of rotatable bonds is 4. The standard InChI is InChI=1S/C17H16N6O2S/c24-17-16-13-11(12(21-17)3-5-23-6-4-18-22-23)2-1-7-25-14(13)15(26-16)10-8-19-20-9-10/h4,6,8-9H,1-3,5,7H2,(H,19,20)(H,21,24). The predicted octanol–water partition coefficient (Wildman–Crippen LogP) is 2.14. The summed E-state index contributed by atoms with van der Waals surface area (Å²) in [7, 11) is 0. The number of nitrogens with one attached hydrogen (secondary N) is 2. The van der Waals surface area contributed by atoms with Gasteiger partial charge in [-0.1, -0.05) is 5.21 Å². The number of aromatic amines is 2. The fraction of sp³-hybridized carbons (Fsp3) is 0.294. The maximum Gasteiger partial charge on any atom is 0.266 e. The first-order valence-electron chi connectivity index (χ1n) is 8.48. The minimum Gasteiger partial charge on any atom is -0.491 e. The number of aromatic nitrogens is 6. The molecule has 2 N–H and O–H groups in total. The highest BCUT2D eigenvalue weighted by atomic mass is 32.1. The maximum absolute atomic E-state index is 12.7. The zero-order valence-corrected chi connectivity index (χ0v) is 14.7. The van der Waals surface area contributed by atoms with E-state index in [0.717, 1.165) is 44.8 Å². The van der Waals surface area contributed by atoms with E-state index >= 15 is 0 Å². The zero-order valence-electron chi connectivity index (χ0n) is 13.9. The van der Waals surface area contributed by atoms with Gasteiger partial charge in [-0.3, -0.25) is 14.6 Å². The molecule has 0 radical (unpaired) electrons. The molecule has 8 nitrogen and oxygen atoms in total. The van der Waals surface area contributed by atoms with Crippen LogP contribution in [-0.4, -0.2) is 36.8 Å². The van der Waals surface area contributed by atoms with Crippen molar-refractivity contribution < 1.29 is 4.74 Å². The summed E-state index contributed by atoms with van der Waals surface area (Å²) in [6, 6.07) is 0. The Balaban J connectivity index is 1.68. The van der Waals surface area contributed by atoms with Gasteiger partial charge in [0.25, 0.3) is 5.56 Å². The summed E-state index contributed by atoms with van der Waals surface area (Å²) in [6.45, 7) is 1.31. The molecule has 5 heterocycles. The van der Waals surface area contributed by atoms with Crippen LogP contribution in [0.15, 0.2) is 29.6 Å². The monoisotopic (exact) mass is 368 g/mol. The van der Waals surface area contributed by atoms with Crippen molar-refractivity contribution in [3.8, 4) is 16.2 Å². The van der Waals surface area contributed by atoms with Gasteiger partial charge in [-0.15, -0.1) is 16.4 Å². The highest BCUT2D eigenvalue weighted by Gasteiger charge is 2.25. The second kappa shape index (κ2) is 6.10. The molecular formula is C17H16N6O2S. The van der Waals surface area contributed by atoms with E-state index in [1.165, 1.54) is 16.9 Å². The molecule has 4 aromatic heterocycles. The van der Waals surface area contributed by atoms with Gasteiger partial charge in [0.15, 0.2) is 0 Å². The Morgan fingerprint density at radius 3 is 3.15 bits per heavy atom. The molecule has 0 unspecified atom stereocenters. The van der Waals surface area contributed by atoms with Crippen LogP contribution in [-0.2, 0) is 19.4 Å². The number of H-pyrrole nitrogens is 2. The summed E-state index contributed by atoms with van der Waals surface area (Å²) in [5.74, 6) is 0.812. The van der Waals surface area contributed by atoms with E-state index in [4.69, 9.17) is 4.74 Å². The molecule has 1 aliphatic heterocycles. The Hall–Kier alpha value is -2.94. The largest absolute Gasteiger partial charge is 0.491 e. The Morgan fingerprint density at radius 1 is 1.38 bits per heavy atom. The summed E-state index contributed by atoms with van der Waals surface area (Å²) in [5.41, 5.74) is 3.01. The van der Waals surface area contributed by atoms with Gasteiger partial charge in [-0.25, -0.2) is 0 Å². The average molecular weight is 368 g/mol. The average Bonchev–Trinajstić information content (AvgIpc) is 3.37. The van der Waals surface area contributed by atoms with Crippen LogP contribution in [0.5, 0.6) is 5.75 Å². The van der Waals surface area contributed by atoms with Crippen LogP contribution in [0.4, 0.5) is 0 Å². The predicted molar refractivity (Wildman–Crippen MR) is 97.6 cm³/mol. The van der Waals surface area contributed by atoms with E-state index in [2.05, 4.69) is 25.5 Å². The number of aryl methyl sites for hydroxylation is 3. The van der Waals surface area contributed by atoms with Crippen molar-refractivity contribution in [2.24, 2.45) is 0 Å². The van der Waals surface area contributed by atoms with E-state index in [-0.39, 0.29) is 5.56 Å². The minimum atomic E-state index is -0.0659. The summed E-state index contributed by atoms with van der Waals surface area (Å²) in [4.78, 5) is 16.8.